The summed E-state index contributed by atoms with van der Waals surface area (Å²) in [7, 11) is 0. The molecule has 0 saturated heterocycles. The van der Waals surface area contributed by atoms with E-state index in [0.29, 0.717) is 26.2 Å². The smallest absolute Gasteiger partial charge is 0.264 e. The minimum atomic E-state index is -1.95. The lowest BCUT2D eigenvalue weighted by Gasteiger charge is -2.22. The normalized spacial score (nSPS) is 18.4. The van der Waals surface area contributed by atoms with Crippen molar-refractivity contribution < 1.29 is 14.7 Å². The summed E-state index contributed by atoms with van der Waals surface area (Å²) in [6.45, 7) is 0.250. The maximum absolute atomic E-state index is 13.2. The van der Waals surface area contributed by atoms with Crippen molar-refractivity contribution in [2.75, 3.05) is 4.90 Å². The largest absolute Gasteiger partial charge is 0.375 e. The first-order valence-corrected chi connectivity index (χ1v) is 10.2. The molecule has 142 valence electrons. The van der Waals surface area contributed by atoms with E-state index in [-0.39, 0.29) is 18.7 Å². The van der Waals surface area contributed by atoms with Gasteiger partial charge in [0.15, 0.2) is 11.4 Å². The lowest BCUT2D eigenvalue weighted by molar-refractivity contribution is -0.136. The Hall–Kier alpha value is -2.18. The highest BCUT2D eigenvalue weighted by atomic mass is 35.5. The number of hydrogen-bond acceptors (Lipinski definition) is 4. The number of ketones is 1. The summed E-state index contributed by atoms with van der Waals surface area (Å²) in [5.74, 6) is -0.824. The number of nitrogens with zero attached hydrogens (tertiary/aromatic N) is 1. The van der Waals surface area contributed by atoms with E-state index in [1.165, 1.54) is 16.2 Å². The van der Waals surface area contributed by atoms with Crippen LogP contribution in [-0.4, -0.2) is 16.8 Å². The van der Waals surface area contributed by atoms with Gasteiger partial charge in [0.25, 0.3) is 5.91 Å². The van der Waals surface area contributed by atoms with Crippen molar-refractivity contribution in [3.63, 3.8) is 0 Å². The molecule has 0 fully saturated rings. The van der Waals surface area contributed by atoms with Gasteiger partial charge in [0, 0.05) is 15.6 Å². The molecule has 4 rings (SSSR count). The SMILES string of the molecule is O=C(C[C@@]1(O)C(=O)N(Cc2ccc(Cl)cc2)c2ccc(Cl)cc21)c1cccs1. The Morgan fingerprint density at radius 3 is 2.46 bits per heavy atom. The topological polar surface area (TPSA) is 57.6 Å². The van der Waals surface area contributed by atoms with Gasteiger partial charge >= 0.3 is 0 Å². The molecule has 7 heteroatoms. The molecule has 1 amide bonds. The zero-order valence-electron chi connectivity index (χ0n) is 14.6. The lowest BCUT2D eigenvalue weighted by Crippen LogP contribution is -2.41. The van der Waals surface area contributed by atoms with E-state index in [2.05, 4.69) is 0 Å². The number of anilines is 1. The Morgan fingerprint density at radius 2 is 1.79 bits per heavy atom. The van der Waals surface area contributed by atoms with Crippen LogP contribution in [0.3, 0.4) is 0 Å². The molecular formula is C21H15Cl2NO3S. The Labute approximate surface area is 175 Å². The second kappa shape index (κ2) is 7.33. The maximum Gasteiger partial charge on any atom is 0.264 e. The number of fused-ring (bicyclic) bond motifs is 1. The first kappa shape index (κ1) is 19.2. The van der Waals surface area contributed by atoms with Crippen molar-refractivity contribution >= 4 is 51.9 Å². The first-order chi connectivity index (χ1) is 13.4. The van der Waals surface area contributed by atoms with Gasteiger partial charge in [-0.25, -0.2) is 0 Å². The number of Topliss-reactive ketones (excluding diaryl/α,β-unsaturated/α-hetero) is 1. The van der Waals surface area contributed by atoms with E-state index in [9.17, 15) is 14.7 Å². The van der Waals surface area contributed by atoms with Gasteiger partial charge in [0.05, 0.1) is 23.5 Å². The molecule has 0 saturated carbocycles. The molecule has 0 bridgehead atoms. The number of rotatable bonds is 5. The predicted molar refractivity (Wildman–Crippen MR) is 111 cm³/mol. The van der Waals surface area contributed by atoms with Gasteiger partial charge in [-0.15, -0.1) is 11.3 Å². The van der Waals surface area contributed by atoms with Crippen LogP contribution in [0.2, 0.25) is 10.0 Å². The second-order valence-electron chi connectivity index (χ2n) is 6.62. The van der Waals surface area contributed by atoms with Crippen LogP contribution < -0.4 is 4.90 Å². The molecule has 1 aromatic heterocycles. The van der Waals surface area contributed by atoms with E-state index >= 15 is 0 Å². The summed E-state index contributed by atoms with van der Waals surface area (Å²) >= 11 is 13.3. The highest BCUT2D eigenvalue weighted by molar-refractivity contribution is 7.12. The van der Waals surface area contributed by atoms with Crippen LogP contribution in [0.5, 0.6) is 0 Å². The van der Waals surface area contributed by atoms with Crippen molar-refractivity contribution in [2.45, 2.75) is 18.6 Å². The van der Waals surface area contributed by atoms with E-state index in [0.717, 1.165) is 5.56 Å². The monoisotopic (exact) mass is 431 g/mol. The van der Waals surface area contributed by atoms with Gasteiger partial charge in [0.2, 0.25) is 0 Å². The van der Waals surface area contributed by atoms with Gasteiger partial charge in [-0.3, -0.25) is 9.59 Å². The molecular weight excluding hydrogens is 417 g/mol. The van der Waals surface area contributed by atoms with Crippen LogP contribution in [-0.2, 0) is 16.9 Å². The molecule has 2 heterocycles. The van der Waals surface area contributed by atoms with Crippen molar-refractivity contribution in [1.82, 2.24) is 0 Å². The summed E-state index contributed by atoms with van der Waals surface area (Å²) in [6, 6.07) is 15.5. The number of aliphatic hydroxyl groups is 1. The average Bonchev–Trinajstić information content (AvgIpc) is 3.27. The standard InChI is InChI=1S/C21H15Cl2NO3S/c22-14-5-3-13(4-6-14)12-24-17-8-7-15(23)10-16(17)21(27,20(24)26)11-18(25)19-2-1-9-28-19/h1-10,27H,11-12H2/t21-/m0/s1. The molecule has 0 aliphatic carbocycles. The number of thiophene rings is 1. The Morgan fingerprint density at radius 1 is 1.07 bits per heavy atom. The zero-order chi connectivity index (χ0) is 19.9. The summed E-state index contributed by atoms with van der Waals surface area (Å²) in [6.07, 6.45) is -0.337. The van der Waals surface area contributed by atoms with Crippen LogP contribution in [0.1, 0.15) is 27.2 Å². The molecule has 1 aliphatic rings. The van der Waals surface area contributed by atoms with Crippen LogP contribution in [0.15, 0.2) is 60.0 Å². The van der Waals surface area contributed by atoms with E-state index in [1.807, 2.05) is 12.1 Å². The highest BCUT2D eigenvalue weighted by Crippen LogP contribution is 2.45. The quantitative estimate of drug-likeness (QED) is 0.574. The average molecular weight is 432 g/mol. The van der Waals surface area contributed by atoms with Gasteiger partial charge < -0.3 is 10.0 Å². The summed E-state index contributed by atoms with van der Waals surface area (Å²) < 4.78 is 0. The van der Waals surface area contributed by atoms with E-state index in [4.69, 9.17) is 23.2 Å². The molecule has 1 N–H and O–H groups in total. The fraction of sp³-hybridized carbons (Fsp3) is 0.143. The van der Waals surface area contributed by atoms with Crippen LogP contribution in [0, 0.1) is 0 Å². The Bertz CT molecular complexity index is 1050. The first-order valence-electron chi connectivity index (χ1n) is 8.54. The van der Waals surface area contributed by atoms with Gasteiger partial charge in [0.1, 0.15) is 0 Å². The number of halogens is 2. The number of amides is 1. The number of benzene rings is 2. The minimum Gasteiger partial charge on any atom is -0.375 e. The number of hydrogen-bond donors (Lipinski definition) is 1. The van der Waals surface area contributed by atoms with Crippen molar-refractivity contribution in [3.05, 3.63) is 86.0 Å². The molecule has 0 unspecified atom stereocenters. The lowest BCUT2D eigenvalue weighted by atomic mass is 9.89. The molecule has 1 atom stereocenters. The fourth-order valence-electron chi connectivity index (χ4n) is 3.38. The van der Waals surface area contributed by atoms with Gasteiger partial charge in [-0.05, 0) is 47.3 Å². The van der Waals surface area contributed by atoms with Crippen LogP contribution >= 0.6 is 34.5 Å². The minimum absolute atomic E-state index is 0.250. The molecule has 0 radical (unpaired) electrons. The predicted octanol–water partition coefficient (Wildman–Crippen LogP) is 5.06. The van der Waals surface area contributed by atoms with Crippen molar-refractivity contribution in [2.24, 2.45) is 0 Å². The Kier molecular flexibility index (Phi) is 5.02. The fourth-order valence-corrected chi connectivity index (χ4v) is 4.34. The molecule has 4 nitrogen and oxygen atoms in total. The Balaban J connectivity index is 1.72. The van der Waals surface area contributed by atoms with Gasteiger partial charge in [-0.1, -0.05) is 41.4 Å². The van der Waals surface area contributed by atoms with Crippen molar-refractivity contribution in [3.8, 4) is 0 Å². The summed E-state index contributed by atoms with van der Waals surface area (Å²) in [5.41, 5.74) is -0.199. The van der Waals surface area contributed by atoms with Crippen molar-refractivity contribution in [1.29, 1.82) is 0 Å². The molecule has 3 aromatic rings. The van der Waals surface area contributed by atoms with Gasteiger partial charge in [-0.2, -0.15) is 0 Å². The van der Waals surface area contributed by atoms with E-state index < -0.39 is 11.5 Å². The number of carbonyl (C=O) groups is 2. The zero-order valence-corrected chi connectivity index (χ0v) is 16.9. The second-order valence-corrected chi connectivity index (χ2v) is 8.44. The third-order valence-corrected chi connectivity index (χ3v) is 6.16. The molecule has 0 spiro atoms. The third kappa shape index (κ3) is 3.35. The number of carbonyl (C=O) groups excluding carboxylic acids is 2. The highest BCUT2D eigenvalue weighted by Gasteiger charge is 2.51. The van der Waals surface area contributed by atoms with E-state index in [1.54, 1.807) is 47.8 Å². The van der Waals surface area contributed by atoms with Crippen LogP contribution in [0.25, 0.3) is 0 Å². The van der Waals surface area contributed by atoms with Crippen LogP contribution in [0.4, 0.5) is 5.69 Å². The molecule has 28 heavy (non-hydrogen) atoms. The third-order valence-electron chi connectivity index (χ3n) is 4.76. The summed E-state index contributed by atoms with van der Waals surface area (Å²) in [5, 5.41) is 14.1. The molecule has 1 aliphatic heterocycles. The maximum atomic E-state index is 13.2. The molecule has 2 aromatic carbocycles. The summed E-state index contributed by atoms with van der Waals surface area (Å²) in [4.78, 5) is 27.9.